The summed E-state index contributed by atoms with van der Waals surface area (Å²) in [5.41, 5.74) is 1.02. The van der Waals surface area contributed by atoms with E-state index in [-0.39, 0.29) is 11.5 Å². The number of rotatable bonds is 8. The molecular weight excluding hydrogens is 394 g/mol. The van der Waals surface area contributed by atoms with E-state index in [1.54, 1.807) is 48.5 Å². The number of hydrogen-bond donors (Lipinski definition) is 0. The van der Waals surface area contributed by atoms with Gasteiger partial charge in [0.15, 0.2) is 0 Å². The molecule has 0 N–H and O–H groups in total. The van der Waals surface area contributed by atoms with Crippen LogP contribution in [0.3, 0.4) is 0 Å². The highest BCUT2D eigenvalue weighted by molar-refractivity contribution is 7.89. The first-order valence-corrected chi connectivity index (χ1v) is 11.0. The van der Waals surface area contributed by atoms with Crippen LogP contribution in [0, 0.1) is 0 Å². The van der Waals surface area contributed by atoms with Crippen LogP contribution < -0.4 is 4.74 Å². The molecule has 1 fully saturated rings. The Kier molecular flexibility index (Phi) is 7.24. The second-order valence-corrected chi connectivity index (χ2v) is 8.55. The molecule has 0 saturated carbocycles. The lowest BCUT2D eigenvalue weighted by atomic mass is 10.2. The summed E-state index contributed by atoms with van der Waals surface area (Å²) in [6.45, 7) is 4.07. The first-order valence-electron chi connectivity index (χ1n) is 9.57. The van der Waals surface area contributed by atoms with E-state index < -0.39 is 16.0 Å². The first kappa shape index (κ1) is 21.3. The summed E-state index contributed by atoms with van der Waals surface area (Å²) in [5, 5.41) is 0. The molecule has 8 heteroatoms. The number of carbonyl (C=O) groups is 1. The van der Waals surface area contributed by atoms with Gasteiger partial charge in [0.1, 0.15) is 12.4 Å². The highest BCUT2D eigenvalue weighted by Crippen LogP contribution is 2.19. The quantitative estimate of drug-likeness (QED) is 0.612. The minimum atomic E-state index is -3.59. The van der Waals surface area contributed by atoms with Crippen molar-refractivity contribution in [3.8, 4) is 5.75 Å². The van der Waals surface area contributed by atoms with Gasteiger partial charge in [-0.05, 0) is 48.4 Å². The zero-order valence-corrected chi connectivity index (χ0v) is 17.2. The smallest absolute Gasteiger partial charge is 0.338 e. The van der Waals surface area contributed by atoms with E-state index in [9.17, 15) is 13.2 Å². The molecule has 29 heavy (non-hydrogen) atoms. The Morgan fingerprint density at radius 3 is 2.52 bits per heavy atom. The topological polar surface area (TPSA) is 82.1 Å². The lowest BCUT2D eigenvalue weighted by Gasteiger charge is -2.26. The van der Waals surface area contributed by atoms with Crippen LogP contribution >= 0.6 is 0 Å². The largest absolute Gasteiger partial charge is 0.494 e. The van der Waals surface area contributed by atoms with Gasteiger partial charge >= 0.3 is 5.97 Å². The molecule has 156 valence electrons. The Labute approximate surface area is 171 Å². The van der Waals surface area contributed by atoms with Crippen LogP contribution in [0.15, 0.2) is 53.4 Å². The lowest BCUT2D eigenvalue weighted by Crippen LogP contribution is -2.40. The SMILES string of the molecule is CCCOc1ccc(C(=O)OCc2cccc(S(=O)(=O)N3CCOCC3)c2)cc1. The first-order chi connectivity index (χ1) is 14.0. The van der Waals surface area contributed by atoms with E-state index in [4.69, 9.17) is 14.2 Å². The number of benzene rings is 2. The molecule has 0 radical (unpaired) electrons. The van der Waals surface area contributed by atoms with Crippen molar-refractivity contribution < 1.29 is 27.4 Å². The summed E-state index contributed by atoms with van der Waals surface area (Å²) in [6, 6.07) is 13.2. The highest BCUT2D eigenvalue weighted by atomic mass is 32.2. The Bertz CT molecular complexity index is 920. The van der Waals surface area contributed by atoms with E-state index in [0.717, 1.165) is 6.42 Å². The average molecular weight is 419 g/mol. The molecule has 1 aliphatic heterocycles. The summed E-state index contributed by atoms with van der Waals surface area (Å²) in [5.74, 6) is 0.220. The highest BCUT2D eigenvalue weighted by Gasteiger charge is 2.26. The maximum atomic E-state index is 12.8. The number of morpholine rings is 1. The molecular formula is C21H25NO6S. The van der Waals surface area contributed by atoms with Gasteiger partial charge in [-0.2, -0.15) is 4.31 Å². The number of carbonyl (C=O) groups excluding carboxylic acids is 1. The van der Waals surface area contributed by atoms with Gasteiger partial charge in [-0.25, -0.2) is 13.2 Å². The Morgan fingerprint density at radius 1 is 1.10 bits per heavy atom. The fraction of sp³-hybridized carbons (Fsp3) is 0.381. The maximum absolute atomic E-state index is 12.8. The van der Waals surface area contributed by atoms with Crippen LogP contribution in [0.5, 0.6) is 5.75 Å². The molecule has 0 bridgehead atoms. The molecule has 0 spiro atoms. The van der Waals surface area contributed by atoms with Crippen molar-refractivity contribution in [2.45, 2.75) is 24.8 Å². The van der Waals surface area contributed by atoms with Crippen LogP contribution in [0.1, 0.15) is 29.3 Å². The van der Waals surface area contributed by atoms with Gasteiger partial charge in [-0.1, -0.05) is 19.1 Å². The molecule has 0 amide bonds. The molecule has 3 rings (SSSR count). The van der Waals surface area contributed by atoms with Crippen molar-refractivity contribution in [1.82, 2.24) is 4.31 Å². The molecule has 1 aliphatic rings. The summed E-state index contributed by atoms with van der Waals surface area (Å²) in [4.78, 5) is 12.5. The van der Waals surface area contributed by atoms with Crippen molar-refractivity contribution in [3.63, 3.8) is 0 Å². The van der Waals surface area contributed by atoms with Crippen molar-refractivity contribution in [2.75, 3.05) is 32.9 Å². The molecule has 1 saturated heterocycles. The predicted molar refractivity (Wildman–Crippen MR) is 107 cm³/mol. The Morgan fingerprint density at radius 2 is 1.83 bits per heavy atom. The summed E-state index contributed by atoms with van der Waals surface area (Å²) in [6.07, 6.45) is 0.907. The van der Waals surface area contributed by atoms with E-state index in [2.05, 4.69) is 0 Å². The van der Waals surface area contributed by atoms with Crippen LogP contribution in [-0.4, -0.2) is 51.6 Å². The zero-order valence-electron chi connectivity index (χ0n) is 16.4. The van der Waals surface area contributed by atoms with E-state index in [1.807, 2.05) is 6.92 Å². The zero-order chi connectivity index (χ0) is 20.7. The van der Waals surface area contributed by atoms with Crippen LogP contribution in [0.2, 0.25) is 0 Å². The van der Waals surface area contributed by atoms with E-state index in [1.165, 1.54) is 4.31 Å². The minimum Gasteiger partial charge on any atom is -0.494 e. The predicted octanol–water partition coefficient (Wildman–Crippen LogP) is 2.85. The number of esters is 1. The standard InChI is InChI=1S/C21H25NO6S/c1-2-12-27-19-8-6-18(7-9-19)21(23)28-16-17-4-3-5-20(15-17)29(24,25)22-10-13-26-14-11-22/h3-9,15H,2,10-14,16H2,1H3. The van der Waals surface area contributed by atoms with Crippen molar-refractivity contribution in [1.29, 1.82) is 0 Å². The van der Waals surface area contributed by atoms with E-state index >= 15 is 0 Å². The van der Waals surface area contributed by atoms with Crippen LogP contribution in [0.4, 0.5) is 0 Å². The number of nitrogens with zero attached hydrogens (tertiary/aromatic N) is 1. The van der Waals surface area contributed by atoms with Gasteiger partial charge in [-0.3, -0.25) is 0 Å². The summed E-state index contributed by atoms with van der Waals surface area (Å²) >= 11 is 0. The van der Waals surface area contributed by atoms with Crippen molar-refractivity contribution in [2.24, 2.45) is 0 Å². The van der Waals surface area contributed by atoms with Crippen molar-refractivity contribution >= 4 is 16.0 Å². The fourth-order valence-electron chi connectivity index (χ4n) is 2.87. The number of ether oxygens (including phenoxy) is 3. The Hall–Kier alpha value is -2.42. The van der Waals surface area contributed by atoms with Crippen molar-refractivity contribution in [3.05, 3.63) is 59.7 Å². The monoisotopic (exact) mass is 419 g/mol. The molecule has 0 aromatic heterocycles. The second-order valence-electron chi connectivity index (χ2n) is 6.61. The average Bonchev–Trinajstić information content (AvgIpc) is 2.77. The van der Waals surface area contributed by atoms with Gasteiger partial charge in [0.2, 0.25) is 10.0 Å². The summed E-state index contributed by atoms with van der Waals surface area (Å²) in [7, 11) is -3.59. The molecule has 0 aliphatic carbocycles. The van der Waals surface area contributed by atoms with Gasteiger partial charge in [0.25, 0.3) is 0 Å². The van der Waals surface area contributed by atoms with Crippen LogP contribution in [0.25, 0.3) is 0 Å². The third-order valence-corrected chi connectivity index (χ3v) is 6.33. The van der Waals surface area contributed by atoms with Gasteiger partial charge < -0.3 is 14.2 Å². The lowest BCUT2D eigenvalue weighted by molar-refractivity contribution is 0.0472. The number of sulfonamides is 1. The molecule has 1 heterocycles. The van der Waals surface area contributed by atoms with Gasteiger partial charge in [0, 0.05) is 13.1 Å². The molecule has 0 atom stereocenters. The molecule has 7 nitrogen and oxygen atoms in total. The van der Waals surface area contributed by atoms with Gasteiger partial charge in [0.05, 0.1) is 30.3 Å². The minimum absolute atomic E-state index is 0.0145. The third-order valence-electron chi connectivity index (χ3n) is 4.44. The summed E-state index contributed by atoms with van der Waals surface area (Å²) < 4.78 is 43.0. The maximum Gasteiger partial charge on any atom is 0.338 e. The number of hydrogen-bond acceptors (Lipinski definition) is 6. The normalized spacial score (nSPS) is 15.1. The molecule has 2 aromatic carbocycles. The fourth-order valence-corrected chi connectivity index (χ4v) is 4.35. The van der Waals surface area contributed by atoms with Crippen LogP contribution in [-0.2, 0) is 26.1 Å². The second kappa shape index (κ2) is 9.87. The third kappa shape index (κ3) is 5.56. The molecule has 2 aromatic rings. The van der Waals surface area contributed by atoms with Gasteiger partial charge in [-0.15, -0.1) is 0 Å². The Balaban J connectivity index is 1.62. The van der Waals surface area contributed by atoms with E-state index in [0.29, 0.717) is 49.8 Å². The molecule has 0 unspecified atom stereocenters.